The standard InChI is InChI=1S/C25H19Cl2N3O2/c1-14-22-17-12-20(31-2)21(32-3)13-18(17)24(16-10-7-11-19(26)23(16)27)28-25(22)30(29-14)15-8-5-4-6-9-15/h4-13H,1-3H3. The quantitative estimate of drug-likeness (QED) is 0.291. The van der Waals surface area contributed by atoms with Gasteiger partial charge >= 0.3 is 0 Å². The van der Waals surface area contributed by atoms with Crippen LogP contribution >= 0.6 is 23.2 Å². The van der Waals surface area contributed by atoms with Gasteiger partial charge in [-0.05, 0) is 37.3 Å². The first-order valence-corrected chi connectivity index (χ1v) is 10.7. The lowest BCUT2D eigenvalue weighted by atomic mass is 10.00. The van der Waals surface area contributed by atoms with Crippen molar-refractivity contribution >= 4 is 45.0 Å². The summed E-state index contributed by atoms with van der Waals surface area (Å²) in [5.41, 5.74) is 3.92. The number of halogens is 2. The van der Waals surface area contributed by atoms with Crippen molar-refractivity contribution in [2.24, 2.45) is 0 Å². The Labute approximate surface area is 195 Å². The van der Waals surface area contributed by atoms with Crippen molar-refractivity contribution in [3.63, 3.8) is 0 Å². The maximum Gasteiger partial charge on any atom is 0.164 e. The Morgan fingerprint density at radius 2 is 1.53 bits per heavy atom. The van der Waals surface area contributed by atoms with E-state index in [1.807, 2.05) is 66.2 Å². The SMILES string of the molecule is COc1cc2c(-c3cccc(Cl)c3Cl)nc3c(c(C)nn3-c3ccccc3)c2cc1OC. The monoisotopic (exact) mass is 463 g/mol. The van der Waals surface area contributed by atoms with Crippen LogP contribution in [0.1, 0.15) is 5.69 Å². The summed E-state index contributed by atoms with van der Waals surface area (Å²) in [6.45, 7) is 1.98. The van der Waals surface area contributed by atoms with Crippen molar-refractivity contribution in [1.82, 2.24) is 14.8 Å². The molecule has 2 aromatic heterocycles. The first-order chi connectivity index (χ1) is 15.5. The minimum atomic E-state index is 0.444. The van der Waals surface area contributed by atoms with Gasteiger partial charge in [-0.2, -0.15) is 5.10 Å². The molecule has 0 amide bonds. The van der Waals surface area contributed by atoms with Gasteiger partial charge in [0.05, 0.1) is 46.7 Å². The number of benzene rings is 3. The molecule has 7 heteroatoms. The number of rotatable bonds is 4. The molecule has 32 heavy (non-hydrogen) atoms. The number of hydrogen-bond acceptors (Lipinski definition) is 4. The Morgan fingerprint density at radius 1 is 0.844 bits per heavy atom. The highest BCUT2D eigenvalue weighted by Gasteiger charge is 2.21. The third-order valence-corrected chi connectivity index (χ3v) is 6.33. The van der Waals surface area contributed by atoms with E-state index < -0.39 is 0 Å². The molecule has 0 aliphatic carbocycles. The molecule has 0 fully saturated rings. The van der Waals surface area contributed by atoms with E-state index in [2.05, 4.69) is 0 Å². The van der Waals surface area contributed by atoms with E-state index in [1.54, 1.807) is 20.3 Å². The smallest absolute Gasteiger partial charge is 0.164 e. The minimum absolute atomic E-state index is 0.444. The van der Waals surface area contributed by atoms with Crippen LogP contribution in [0, 0.1) is 6.92 Å². The van der Waals surface area contributed by atoms with Crippen LogP contribution in [0.25, 0.3) is 38.8 Å². The number of nitrogens with zero attached hydrogens (tertiary/aromatic N) is 3. The summed E-state index contributed by atoms with van der Waals surface area (Å²) in [5.74, 6) is 1.23. The summed E-state index contributed by atoms with van der Waals surface area (Å²) in [4.78, 5) is 5.06. The Balaban J connectivity index is 1.98. The molecule has 0 aliphatic rings. The Hall–Kier alpha value is -3.28. The molecule has 0 unspecified atom stereocenters. The second kappa shape index (κ2) is 8.01. The van der Waals surface area contributed by atoms with Gasteiger partial charge in [-0.25, -0.2) is 9.67 Å². The van der Waals surface area contributed by atoms with Crippen LogP contribution in [0.4, 0.5) is 0 Å². The predicted molar refractivity (Wildman–Crippen MR) is 130 cm³/mol. The zero-order valence-corrected chi connectivity index (χ0v) is 19.2. The van der Waals surface area contributed by atoms with Crippen LogP contribution < -0.4 is 9.47 Å². The predicted octanol–water partition coefficient (Wildman–Crippen LogP) is 6.87. The lowest BCUT2D eigenvalue weighted by Gasteiger charge is -2.14. The summed E-state index contributed by atoms with van der Waals surface area (Å²) >= 11 is 13.0. The summed E-state index contributed by atoms with van der Waals surface area (Å²) in [7, 11) is 3.23. The molecule has 160 valence electrons. The molecule has 5 rings (SSSR count). The van der Waals surface area contributed by atoms with Gasteiger partial charge in [0.1, 0.15) is 0 Å². The number of ether oxygens (including phenoxy) is 2. The third kappa shape index (κ3) is 3.17. The van der Waals surface area contributed by atoms with Crippen LogP contribution in [-0.2, 0) is 0 Å². The summed E-state index contributed by atoms with van der Waals surface area (Å²) < 4.78 is 13.0. The summed E-state index contributed by atoms with van der Waals surface area (Å²) in [6, 6.07) is 19.3. The third-order valence-electron chi connectivity index (χ3n) is 5.51. The van der Waals surface area contributed by atoms with Gasteiger partial charge in [0.15, 0.2) is 17.1 Å². The molecular weight excluding hydrogens is 445 g/mol. The summed E-state index contributed by atoms with van der Waals surface area (Å²) in [5, 5.41) is 8.47. The summed E-state index contributed by atoms with van der Waals surface area (Å²) in [6.07, 6.45) is 0. The zero-order chi connectivity index (χ0) is 22.4. The van der Waals surface area contributed by atoms with Crippen molar-refractivity contribution in [2.45, 2.75) is 6.92 Å². The Morgan fingerprint density at radius 3 is 2.22 bits per heavy atom. The lowest BCUT2D eigenvalue weighted by molar-refractivity contribution is 0.356. The van der Waals surface area contributed by atoms with Gasteiger partial charge in [0.2, 0.25) is 0 Å². The van der Waals surface area contributed by atoms with E-state index in [4.69, 9.17) is 42.8 Å². The average Bonchev–Trinajstić information content (AvgIpc) is 3.16. The molecule has 0 aliphatic heterocycles. The van der Waals surface area contributed by atoms with Crippen molar-refractivity contribution < 1.29 is 9.47 Å². The number of aromatic nitrogens is 3. The highest BCUT2D eigenvalue weighted by Crippen LogP contribution is 2.43. The molecule has 0 saturated carbocycles. The highest BCUT2D eigenvalue weighted by molar-refractivity contribution is 6.44. The maximum absolute atomic E-state index is 6.62. The van der Waals surface area contributed by atoms with E-state index in [0.29, 0.717) is 27.2 Å². The molecule has 5 aromatic rings. The number of aryl methyl sites for hydroxylation is 1. The molecule has 0 saturated heterocycles. The van der Waals surface area contributed by atoms with Crippen LogP contribution in [0.15, 0.2) is 60.7 Å². The topological polar surface area (TPSA) is 49.2 Å². The Bertz CT molecular complexity index is 1480. The van der Waals surface area contributed by atoms with Crippen molar-refractivity contribution in [2.75, 3.05) is 14.2 Å². The molecule has 3 aromatic carbocycles. The van der Waals surface area contributed by atoms with Crippen LogP contribution in [-0.4, -0.2) is 29.0 Å². The van der Waals surface area contributed by atoms with Gasteiger partial charge in [-0.15, -0.1) is 0 Å². The largest absolute Gasteiger partial charge is 0.493 e. The Kier molecular flexibility index (Phi) is 5.16. The van der Waals surface area contributed by atoms with Crippen molar-refractivity contribution in [3.05, 3.63) is 76.4 Å². The van der Waals surface area contributed by atoms with E-state index in [1.165, 1.54) is 0 Å². The molecule has 0 radical (unpaired) electrons. The lowest BCUT2D eigenvalue weighted by Crippen LogP contribution is -1.99. The first kappa shape index (κ1) is 20.6. The van der Waals surface area contributed by atoms with Crippen LogP contribution in [0.5, 0.6) is 11.5 Å². The molecule has 0 N–H and O–H groups in total. The first-order valence-electron chi connectivity index (χ1n) is 9.98. The number of hydrogen-bond donors (Lipinski definition) is 0. The van der Waals surface area contributed by atoms with Gasteiger partial charge in [-0.3, -0.25) is 0 Å². The van der Waals surface area contributed by atoms with Gasteiger partial charge in [0, 0.05) is 16.3 Å². The average molecular weight is 464 g/mol. The fraction of sp³-hybridized carbons (Fsp3) is 0.120. The van der Waals surface area contributed by atoms with Crippen molar-refractivity contribution in [1.29, 1.82) is 0 Å². The van der Waals surface area contributed by atoms with Crippen LogP contribution in [0.2, 0.25) is 10.0 Å². The fourth-order valence-electron chi connectivity index (χ4n) is 4.02. The van der Waals surface area contributed by atoms with Gasteiger partial charge < -0.3 is 9.47 Å². The molecule has 0 atom stereocenters. The second-order valence-corrected chi connectivity index (χ2v) is 8.13. The molecule has 2 heterocycles. The normalized spacial score (nSPS) is 11.3. The number of fused-ring (bicyclic) bond motifs is 3. The van der Waals surface area contributed by atoms with E-state index >= 15 is 0 Å². The van der Waals surface area contributed by atoms with E-state index in [-0.39, 0.29) is 0 Å². The number of methoxy groups -OCH3 is 2. The van der Waals surface area contributed by atoms with Crippen molar-refractivity contribution in [3.8, 4) is 28.4 Å². The molecule has 0 bridgehead atoms. The number of pyridine rings is 1. The number of para-hydroxylation sites is 1. The molecule has 5 nitrogen and oxygen atoms in total. The maximum atomic E-state index is 6.62. The fourth-order valence-corrected chi connectivity index (χ4v) is 4.41. The van der Waals surface area contributed by atoms with E-state index in [9.17, 15) is 0 Å². The minimum Gasteiger partial charge on any atom is -0.493 e. The van der Waals surface area contributed by atoms with E-state index in [0.717, 1.165) is 38.8 Å². The second-order valence-electron chi connectivity index (χ2n) is 7.35. The zero-order valence-electron chi connectivity index (χ0n) is 17.7. The van der Waals surface area contributed by atoms with Crippen LogP contribution in [0.3, 0.4) is 0 Å². The molecular formula is C25H19Cl2N3O2. The van der Waals surface area contributed by atoms with Gasteiger partial charge in [-0.1, -0.05) is 53.5 Å². The van der Waals surface area contributed by atoms with Gasteiger partial charge in [0.25, 0.3) is 0 Å². The molecule has 0 spiro atoms. The highest BCUT2D eigenvalue weighted by atomic mass is 35.5.